The van der Waals surface area contributed by atoms with Crippen molar-refractivity contribution in [1.82, 2.24) is 4.98 Å². The minimum absolute atomic E-state index is 0.0102. The topological polar surface area (TPSA) is 48.1 Å². The van der Waals surface area contributed by atoms with E-state index in [1.165, 1.54) is 25.7 Å². The molecule has 1 aromatic rings. The minimum atomic E-state index is -0.0102. The van der Waals surface area contributed by atoms with E-state index in [2.05, 4.69) is 4.98 Å². The SMILES string of the molecule is C[C@H](N)c1ccc(OCCC2CCC2)cn1. The number of ether oxygens (including phenoxy) is 1. The van der Waals surface area contributed by atoms with Crippen LogP contribution in [0, 0.1) is 5.92 Å². The predicted octanol–water partition coefficient (Wildman–Crippen LogP) is 2.67. The van der Waals surface area contributed by atoms with Crippen LogP contribution in [0.2, 0.25) is 0 Å². The lowest BCUT2D eigenvalue weighted by molar-refractivity contribution is 0.221. The molecule has 1 saturated carbocycles. The summed E-state index contributed by atoms with van der Waals surface area (Å²) < 4.78 is 5.64. The third-order valence-electron chi connectivity index (χ3n) is 3.25. The van der Waals surface area contributed by atoms with Gasteiger partial charge in [-0.15, -0.1) is 0 Å². The summed E-state index contributed by atoms with van der Waals surface area (Å²) in [6, 6.07) is 3.87. The molecule has 2 rings (SSSR count). The van der Waals surface area contributed by atoms with Gasteiger partial charge in [0.25, 0.3) is 0 Å². The molecule has 2 N–H and O–H groups in total. The number of pyridine rings is 1. The van der Waals surface area contributed by atoms with Crippen LogP contribution in [0.15, 0.2) is 18.3 Å². The first-order chi connectivity index (χ1) is 7.75. The first-order valence-corrected chi connectivity index (χ1v) is 6.10. The number of rotatable bonds is 5. The largest absolute Gasteiger partial charge is 0.492 e. The summed E-state index contributed by atoms with van der Waals surface area (Å²) in [5.41, 5.74) is 6.63. The van der Waals surface area contributed by atoms with Crippen LogP contribution < -0.4 is 10.5 Å². The van der Waals surface area contributed by atoms with Crippen LogP contribution in [-0.2, 0) is 0 Å². The Hall–Kier alpha value is -1.09. The van der Waals surface area contributed by atoms with Crippen molar-refractivity contribution in [3.8, 4) is 5.75 Å². The summed E-state index contributed by atoms with van der Waals surface area (Å²) in [6.45, 7) is 2.74. The number of hydrogen-bond acceptors (Lipinski definition) is 3. The molecule has 0 amide bonds. The van der Waals surface area contributed by atoms with Crippen LogP contribution in [0.5, 0.6) is 5.75 Å². The fourth-order valence-electron chi connectivity index (χ4n) is 1.87. The molecule has 1 aromatic heterocycles. The van der Waals surface area contributed by atoms with Crippen molar-refractivity contribution in [3.63, 3.8) is 0 Å². The predicted molar refractivity (Wildman–Crippen MR) is 64.3 cm³/mol. The summed E-state index contributed by atoms with van der Waals surface area (Å²) in [5, 5.41) is 0. The van der Waals surface area contributed by atoms with Gasteiger partial charge in [0.15, 0.2) is 0 Å². The summed E-state index contributed by atoms with van der Waals surface area (Å²) in [5.74, 6) is 1.75. The highest BCUT2D eigenvalue weighted by Crippen LogP contribution is 2.29. The van der Waals surface area contributed by atoms with E-state index in [1.807, 2.05) is 19.1 Å². The molecule has 88 valence electrons. The third kappa shape index (κ3) is 2.95. The average Bonchev–Trinajstić information content (AvgIpc) is 2.22. The Labute approximate surface area is 97.0 Å². The zero-order chi connectivity index (χ0) is 11.4. The molecule has 16 heavy (non-hydrogen) atoms. The smallest absolute Gasteiger partial charge is 0.137 e. The molecule has 0 bridgehead atoms. The molecule has 1 aliphatic rings. The molecule has 1 heterocycles. The van der Waals surface area contributed by atoms with Crippen LogP contribution in [0.1, 0.15) is 44.3 Å². The number of hydrogen-bond donors (Lipinski definition) is 1. The van der Waals surface area contributed by atoms with Crippen molar-refractivity contribution in [2.45, 2.75) is 38.6 Å². The van der Waals surface area contributed by atoms with Gasteiger partial charge in [0.2, 0.25) is 0 Å². The molecule has 0 aromatic carbocycles. The van der Waals surface area contributed by atoms with E-state index in [0.717, 1.165) is 24.0 Å². The van der Waals surface area contributed by atoms with Crippen LogP contribution in [0.25, 0.3) is 0 Å². The Morgan fingerprint density at radius 1 is 1.50 bits per heavy atom. The lowest BCUT2D eigenvalue weighted by Crippen LogP contribution is -2.14. The van der Waals surface area contributed by atoms with E-state index >= 15 is 0 Å². The van der Waals surface area contributed by atoms with Crippen molar-refractivity contribution in [1.29, 1.82) is 0 Å². The molecule has 3 heteroatoms. The molecular formula is C13H20N2O. The fourth-order valence-corrected chi connectivity index (χ4v) is 1.87. The Morgan fingerprint density at radius 2 is 2.31 bits per heavy atom. The standard InChI is InChI=1S/C13H20N2O/c1-10(14)13-6-5-12(9-15-13)16-8-7-11-3-2-4-11/h5-6,9-11H,2-4,7-8,14H2,1H3/t10-/m0/s1. The Kier molecular flexibility index (Phi) is 3.78. The molecule has 1 aliphatic carbocycles. The van der Waals surface area contributed by atoms with E-state index in [4.69, 9.17) is 10.5 Å². The van der Waals surface area contributed by atoms with E-state index < -0.39 is 0 Å². The van der Waals surface area contributed by atoms with Crippen LogP contribution >= 0.6 is 0 Å². The Morgan fingerprint density at radius 3 is 2.81 bits per heavy atom. The second-order valence-corrected chi connectivity index (χ2v) is 4.64. The van der Waals surface area contributed by atoms with Gasteiger partial charge in [0, 0.05) is 6.04 Å². The zero-order valence-electron chi connectivity index (χ0n) is 9.86. The Bertz CT molecular complexity index is 317. The van der Waals surface area contributed by atoms with Gasteiger partial charge in [-0.25, -0.2) is 0 Å². The Balaban J connectivity index is 1.75. The van der Waals surface area contributed by atoms with Crippen molar-refractivity contribution < 1.29 is 4.74 Å². The summed E-state index contributed by atoms with van der Waals surface area (Å²) in [6.07, 6.45) is 7.10. The summed E-state index contributed by atoms with van der Waals surface area (Å²) in [4.78, 5) is 4.26. The van der Waals surface area contributed by atoms with Gasteiger partial charge in [0.1, 0.15) is 5.75 Å². The minimum Gasteiger partial charge on any atom is -0.492 e. The molecule has 0 saturated heterocycles. The van der Waals surface area contributed by atoms with Crippen molar-refractivity contribution in [2.75, 3.05) is 6.61 Å². The average molecular weight is 220 g/mol. The van der Waals surface area contributed by atoms with Crippen LogP contribution in [-0.4, -0.2) is 11.6 Å². The van der Waals surface area contributed by atoms with Crippen LogP contribution in [0.4, 0.5) is 0 Å². The molecule has 1 fully saturated rings. The maximum absolute atomic E-state index is 5.73. The molecule has 3 nitrogen and oxygen atoms in total. The van der Waals surface area contributed by atoms with Crippen molar-refractivity contribution in [2.24, 2.45) is 11.7 Å². The van der Waals surface area contributed by atoms with E-state index in [0.29, 0.717) is 0 Å². The molecular weight excluding hydrogens is 200 g/mol. The molecule has 0 spiro atoms. The lowest BCUT2D eigenvalue weighted by atomic mass is 9.83. The second-order valence-electron chi connectivity index (χ2n) is 4.64. The summed E-state index contributed by atoms with van der Waals surface area (Å²) in [7, 11) is 0. The monoisotopic (exact) mass is 220 g/mol. The number of nitrogens with zero attached hydrogens (tertiary/aromatic N) is 1. The van der Waals surface area contributed by atoms with E-state index in [-0.39, 0.29) is 6.04 Å². The van der Waals surface area contributed by atoms with Gasteiger partial charge in [-0.2, -0.15) is 0 Å². The first kappa shape index (κ1) is 11.4. The van der Waals surface area contributed by atoms with E-state index in [1.54, 1.807) is 6.20 Å². The van der Waals surface area contributed by atoms with Crippen molar-refractivity contribution >= 4 is 0 Å². The van der Waals surface area contributed by atoms with Gasteiger partial charge < -0.3 is 10.5 Å². The molecule has 0 unspecified atom stereocenters. The number of aromatic nitrogens is 1. The fraction of sp³-hybridized carbons (Fsp3) is 0.615. The van der Waals surface area contributed by atoms with Gasteiger partial charge in [0.05, 0.1) is 18.5 Å². The molecule has 0 radical (unpaired) electrons. The first-order valence-electron chi connectivity index (χ1n) is 6.10. The lowest BCUT2D eigenvalue weighted by Gasteiger charge is -2.24. The maximum Gasteiger partial charge on any atom is 0.137 e. The highest BCUT2D eigenvalue weighted by molar-refractivity contribution is 5.21. The highest BCUT2D eigenvalue weighted by atomic mass is 16.5. The quantitative estimate of drug-likeness (QED) is 0.830. The summed E-state index contributed by atoms with van der Waals surface area (Å²) >= 11 is 0. The van der Waals surface area contributed by atoms with Gasteiger partial charge in [-0.05, 0) is 31.4 Å². The zero-order valence-corrected chi connectivity index (χ0v) is 9.86. The van der Waals surface area contributed by atoms with Gasteiger partial charge in [-0.3, -0.25) is 4.98 Å². The third-order valence-corrected chi connectivity index (χ3v) is 3.25. The van der Waals surface area contributed by atoms with Crippen molar-refractivity contribution in [3.05, 3.63) is 24.0 Å². The molecule has 1 atom stereocenters. The van der Waals surface area contributed by atoms with Gasteiger partial charge in [-0.1, -0.05) is 19.3 Å². The van der Waals surface area contributed by atoms with Gasteiger partial charge >= 0.3 is 0 Å². The van der Waals surface area contributed by atoms with Crippen LogP contribution in [0.3, 0.4) is 0 Å². The maximum atomic E-state index is 5.73. The molecule has 0 aliphatic heterocycles. The highest BCUT2D eigenvalue weighted by Gasteiger charge is 2.16. The number of nitrogens with two attached hydrogens (primary N) is 1. The normalized spacial score (nSPS) is 17.9. The van der Waals surface area contributed by atoms with E-state index in [9.17, 15) is 0 Å². The second kappa shape index (κ2) is 5.30.